The smallest absolute Gasteiger partial charge is 0.252 e. The zero-order valence-electron chi connectivity index (χ0n) is 7.93. The molecule has 1 amide bonds. The Labute approximate surface area is 72.9 Å². The van der Waals surface area contributed by atoms with Crippen molar-refractivity contribution in [1.29, 1.82) is 5.26 Å². The first-order valence-corrected chi connectivity index (χ1v) is 3.79. The summed E-state index contributed by atoms with van der Waals surface area (Å²) in [5.74, 6) is -0.285. The molecule has 0 heterocycles. The predicted molar refractivity (Wildman–Crippen MR) is 46.4 cm³/mol. The van der Waals surface area contributed by atoms with Gasteiger partial charge in [-0.25, -0.2) is 0 Å². The van der Waals surface area contributed by atoms with Crippen molar-refractivity contribution in [1.82, 2.24) is 10.6 Å². The van der Waals surface area contributed by atoms with Gasteiger partial charge in [-0.05, 0) is 27.8 Å². The lowest BCUT2D eigenvalue weighted by Crippen LogP contribution is -2.49. The van der Waals surface area contributed by atoms with E-state index in [1.54, 1.807) is 7.05 Å². The number of nitrogens with zero attached hydrogens (tertiary/aromatic N) is 1. The Hall–Kier alpha value is -1.08. The molecule has 1 atom stereocenters. The predicted octanol–water partition coefficient (Wildman–Crippen LogP) is 0.0127. The number of nitriles is 1. The van der Waals surface area contributed by atoms with E-state index in [-0.39, 0.29) is 11.4 Å². The number of rotatable bonds is 2. The molecule has 0 bridgehead atoms. The molecule has 4 heteroatoms. The molecule has 68 valence electrons. The molecular weight excluding hydrogens is 154 g/mol. The van der Waals surface area contributed by atoms with Crippen molar-refractivity contribution in [2.24, 2.45) is 0 Å². The number of amides is 1. The molecule has 0 radical (unpaired) electrons. The molecule has 0 spiro atoms. The van der Waals surface area contributed by atoms with E-state index < -0.39 is 6.04 Å². The van der Waals surface area contributed by atoms with Gasteiger partial charge in [-0.3, -0.25) is 10.1 Å². The summed E-state index contributed by atoms with van der Waals surface area (Å²) < 4.78 is 0. The molecule has 0 aromatic heterocycles. The zero-order valence-corrected chi connectivity index (χ0v) is 7.93. The Morgan fingerprint density at radius 3 is 2.25 bits per heavy atom. The van der Waals surface area contributed by atoms with E-state index in [0.717, 1.165) is 0 Å². The first-order chi connectivity index (χ1) is 5.40. The minimum atomic E-state index is -0.760. The van der Waals surface area contributed by atoms with Crippen LogP contribution in [0.2, 0.25) is 0 Å². The summed E-state index contributed by atoms with van der Waals surface area (Å²) in [7, 11) is 1.58. The highest BCUT2D eigenvalue weighted by molar-refractivity contribution is 5.84. The van der Waals surface area contributed by atoms with E-state index in [1.807, 2.05) is 26.8 Å². The fourth-order valence-corrected chi connectivity index (χ4v) is 0.696. The van der Waals surface area contributed by atoms with Crippen LogP contribution in [0.15, 0.2) is 0 Å². The van der Waals surface area contributed by atoms with Gasteiger partial charge in [-0.1, -0.05) is 0 Å². The molecule has 0 aromatic carbocycles. The first-order valence-electron chi connectivity index (χ1n) is 3.79. The van der Waals surface area contributed by atoms with Crippen LogP contribution in [-0.4, -0.2) is 24.5 Å². The summed E-state index contributed by atoms with van der Waals surface area (Å²) >= 11 is 0. The van der Waals surface area contributed by atoms with Gasteiger partial charge in [0.2, 0.25) is 0 Å². The van der Waals surface area contributed by atoms with E-state index in [9.17, 15) is 4.79 Å². The van der Waals surface area contributed by atoms with Gasteiger partial charge in [-0.15, -0.1) is 0 Å². The minimum absolute atomic E-state index is 0.285. The topological polar surface area (TPSA) is 64.9 Å². The van der Waals surface area contributed by atoms with E-state index in [0.29, 0.717) is 0 Å². The van der Waals surface area contributed by atoms with Gasteiger partial charge in [0.15, 0.2) is 6.04 Å². The molecule has 4 nitrogen and oxygen atoms in total. The molecule has 1 unspecified atom stereocenters. The summed E-state index contributed by atoms with van der Waals surface area (Å²) in [4.78, 5) is 11.2. The molecule has 0 rings (SSSR count). The van der Waals surface area contributed by atoms with Crippen molar-refractivity contribution in [3.05, 3.63) is 0 Å². The number of hydrogen-bond donors (Lipinski definition) is 2. The summed E-state index contributed by atoms with van der Waals surface area (Å²) in [6.07, 6.45) is 0. The van der Waals surface area contributed by atoms with Crippen molar-refractivity contribution in [3.63, 3.8) is 0 Å². The Balaban J connectivity index is 4.14. The van der Waals surface area contributed by atoms with Crippen LogP contribution in [-0.2, 0) is 4.79 Å². The second-order valence-corrected chi connectivity index (χ2v) is 3.59. The highest BCUT2D eigenvalue weighted by atomic mass is 16.2. The lowest BCUT2D eigenvalue weighted by atomic mass is 10.1. The van der Waals surface area contributed by atoms with Gasteiger partial charge >= 0.3 is 0 Å². The highest BCUT2D eigenvalue weighted by Gasteiger charge is 2.20. The summed E-state index contributed by atoms with van der Waals surface area (Å²) in [6, 6.07) is 1.09. The third-order valence-electron chi connectivity index (χ3n) is 1.18. The Morgan fingerprint density at radius 1 is 1.50 bits per heavy atom. The quantitative estimate of drug-likeness (QED) is 0.612. The molecule has 0 saturated heterocycles. The maximum Gasteiger partial charge on any atom is 0.252 e. The Kier molecular flexibility index (Phi) is 3.71. The van der Waals surface area contributed by atoms with Gasteiger partial charge < -0.3 is 5.32 Å². The molecule has 0 aliphatic rings. The fourth-order valence-electron chi connectivity index (χ4n) is 0.696. The van der Waals surface area contributed by atoms with Crippen LogP contribution < -0.4 is 10.6 Å². The number of likely N-dealkylation sites (N-methyl/N-ethyl adjacent to an activating group) is 1. The van der Waals surface area contributed by atoms with Crippen molar-refractivity contribution in [3.8, 4) is 6.07 Å². The fraction of sp³-hybridized carbons (Fsp3) is 0.750. The second-order valence-electron chi connectivity index (χ2n) is 3.59. The number of carbonyl (C=O) groups excluding carboxylic acids is 1. The molecule has 0 aromatic rings. The van der Waals surface area contributed by atoms with Gasteiger partial charge in [-0.2, -0.15) is 5.26 Å². The third kappa shape index (κ3) is 3.94. The van der Waals surface area contributed by atoms with Gasteiger partial charge in [0.1, 0.15) is 0 Å². The molecule has 12 heavy (non-hydrogen) atoms. The molecular formula is C8H15N3O. The summed E-state index contributed by atoms with van der Waals surface area (Å²) in [5.41, 5.74) is -0.289. The van der Waals surface area contributed by atoms with Gasteiger partial charge in [0.25, 0.3) is 5.91 Å². The van der Waals surface area contributed by atoms with Gasteiger partial charge in [0.05, 0.1) is 6.07 Å². The van der Waals surface area contributed by atoms with Crippen LogP contribution >= 0.6 is 0 Å². The van der Waals surface area contributed by atoms with E-state index in [2.05, 4.69) is 10.6 Å². The molecule has 0 fully saturated rings. The maximum absolute atomic E-state index is 11.2. The standard InChI is InChI=1S/C8H15N3O/c1-8(2,3)11-7(12)6(5-9)10-4/h6,10H,1-4H3,(H,11,12). The molecule has 2 N–H and O–H groups in total. The summed E-state index contributed by atoms with van der Waals surface area (Å²) in [6.45, 7) is 5.61. The van der Waals surface area contributed by atoms with Crippen molar-refractivity contribution < 1.29 is 4.79 Å². The lowest BCUT2D eigenvalue weighted by Gasteiger charge is -2.21. The average Bonchev–Trinajstić information content (AvgIpc) is 1.85. The van der Waals surface area contributed by atoms with Crippen LogP contribution in [0.3, 0.4) is 0 Å². The monoisotopic (exact) mass is 169 g/mol. The Morgan fingerprint density at radius 2 is 2.00 bits per heavy atom. The summed E-state index contributed by atoms with van der Waals surface area (Å²) in [5, 5.41) is 13.8. The van der Waals surface area contributed by atoms with Crippen molar-refractivity contribution in [2.75, 3.05) is 7.05 Å². The largest absolute Gasteiger partial charge is 0.349 e. The number of nitrogens with one attached hydrogen (secondary N) is 2. The molecule has 0 saturated carbocycles. The first kappa shape index (κ1) is 10.9. The van der Waals surface area contributed by atoms with Crippen molar-refractivity contribution in [2.45, 2.75) is 32.4 Å². The lowest BCUT2D eigenvalue weighted by molar-refractivity contribution is -0.123. The van der Waals surface area contributed by atoms with Crippen LogP contribution in [0, 0.1) is 11.3 Å². The average molecular weight is 169 g/mol. The SMILES string of the molecule is CNC(C#N)C(=O)NC(C)(C)C. The van der Waals surface area contributed by atoms with Crippen LogP contribution in [0.5, 0.6) is 0 Å². The molecule has 0 aliphatic heterocycles. The molecule has 0 aliphatic carbocycles. The van der Waals surface area contributed by atoms with Crippen LogP contribution in [0.4, 0.5) is 0 Å². The van der Waals surface area contributed by atoms with Crippen molar-refractivity contribution >= 4 is 5.91 Å². The third-order valence-corrected chi connectivity index (χ3v) is 1.18. The Bertz CT molecular complexity index is 199. The minimum Gasteiger partial charge on any atom is -0.349 e. The van der Waals surface area contributed by atoms with Crippen LogP contribution in [0.1, 0.15) is 20.8 Å². The number of hydrogen-bond acceptors (Lipinski definition) is 3. The number of carbonyl (C=O) groups is 1. The van der Waals surface area contributed by atoms with E-state index in [1.165, 1.54) is 0 Å². The zero-order chi connectivity index (χ0) is 9.78. The second kappa shape index (κ2) is 4.07. The van der Waals surface area contributed by atoms with E-state index in [4.69, 9.17) is 5.26 Å². The normalized spacial score (nSPS) is 13.2. The highest BCUT2D eigenvalue weighted by Crippen LogP contribution is 1.98. The maximum atomic E-state index is 11.2. The van der Waals surface area contributed by atoms with E-state index >= 15 is 0 Å². The van der Waals surface area contributed by atoms with Gasteiger partial charge in [0, 0.05) is 5.54 Å². The van der Waals surface area contributed by atoms with Crippen LogP contribution in [0.25, 0.3) is 0 Å².